The van der Waals surface area contributed by atoms with Crippen LogP contribution in [0.15, 0.2) is 60.4 Å². The maximum atomic E-state index is 13.2. The summed E-state index contributed by atoms with van der Waals surface area (Å²) in [5.41, 5.74) is 2.81. The molecule has 0 bridgehead atoms. The maximum Gasteiger partial charge on any atom is 0.295 e. The van der Waals surface area contributed by atoms with E-state index in [0.29, 0.717) is 36.2 Å². The van der Waals surface area contributed by atoms with Crippen LogP contribution in [0, 0.1) is 0 Å². The molecule has 1 atom stereocenters. The van der Waals surface area contributed by atoms with Gasteiger partial charge in [-0.05, 0) is 25.1 Å². The number of aromatic amines is 1. The van der Waals surface area contributed by atoms with Crippen LogP contribution in [0.5, 0.6) is 0 Å². The number of Topliss-reactive ketones (excluding diaryl/α,β-unsaturated/α-hetero) is 1. The number of carbonyl (C=O) groups excluding carboxylic acids is 3. The summed E-state index contributed by atoms with van der Waals surface area (Å²) in [7, 11) is 0. The highest BCUT2D eigenvalue weighted by Gasteiger charge is 2.34. The normalized spacial score (nSPS) is 16.2. The number of nitrogens with zero attached hydrogens (tertiary/aromatic N) is 4. The van der Waals surface area contributed by atoms with Crippen LogP contribution in [-0.4, -0.2) is 68.0 Å². The van der Waals surface area contributed by atoms with E-state index in [1.807, 2.05) is 36.6 Å². The number of hydrogen-bond acceptors (Lipinski definition) is 6. The largest absolute Gasteiger partial charge is 0.359 e. The van der Waals surface area contributed by atoms with Gasteiger partial charge in [-0.25, -0.2) is 4.98 Å². The molecule has 2 amide bonds. The molecule has 0 saturated carbocycles. The molecular formula is C24H21N5O3S. The first-order chi connectivity index (χ1) is 16.0. The Morgan fingerprint density at radius 1 is 1.06 bits per heavy atom. The number of fused-ring (bicyclic) bond motifs is 1. The van der Waals surface area contributed by atoms with Crippen LogP contribution < -0.4 is 0 Å². The summed E-state index contributed by atoms with van der Waals surface area (Å²) in [5, 5.41) is 2.69. The van der Waals surface area contributed by atoms with Gasteiger partial charge in [-0.3, -0.25) is 19.4 Å². The molecule has 0 unspecified atom stereocenters. The van der Waals surface area contributed by atoms with Crippen LogP contribution in [0.25, 0.3) is 21.6 Å². The van der Waals surface area contributed by atoms with Crippen molar-refractivity contribution >= 4 is 40.0 Å². The minimum Gasteiger partial charge on any atom is -0.359 e. The highest BCUT2D eigenvalue weighted by Crippen LogP contribution is 2.30. The zero-order valence-corrected chi connectivity index (χ0v) is 18.7. The van der Waals surface area contributed by atoms with E-state index in [9.17, 15) is 14.4 Å². The number of carbonyl (C=O) groups is 3. The summed E-state index contributed by atoms with van der Waals surface area (Å²) < 4.78 is 0. The standard InChI is InChI=1S/C24H21N5O3S/c1-15-14-28(23(31)16-5-3-2-4-6-16)10-11-29(15)24(32)21(30)18-13-27-19-17(7-8-25-20(18)19)22-26-9-12-33-22/h2-9,12-13,15,27H,10-11,14H2,1H3/t15-/m0/s1. The lowest BCUT2D eigenvalue weighted by atomic mass is 10.1. The topological polar surface area (TPSA) is 99.3 Å². The number of thiazole rings is 1. The van der Waals surface area contributed by atoms with E-state index in [2.05, 4.69) is 15.0 Å². The Labute approximate surface area is 193 Å². The van der Waals surface area contributed by atoms with Gasteiger partial charge >= 0.3 is 0 Å². The molecule has 5 rings (SSSR count). The second-order valence-electron chi connectivity index (χ2n) is 7.92. The first-order valence-electron chi connectivity index (χ1n) is 10.6. The molecule has 33 heavy (non-hydrogen) atoms. The van der Waals surface area contributed by atoms with E-state index in [1.54, 1.807) is 34.3 Å². The van der Waals surface area contributed by atoms with Gasteiger partial charge in [-0.1, -0.05) is 18.2 Å². The minimum absolute atomic E-state index is 0.0728. The second-order valence-corrected chi connectivity index (χ2v) is 8.81. The number of ketones is 1. The van der Waals surface area contributed by atoms with Gasteiger partial charge in [-0.2, -0.15) is 0 Å². The predicted octanol–water partition coefficient (Wildman–Crippen LogP) is 3.24. The van der Waals surface area contributed by atoms with Crippen molar-refractivity contribution in [2.45, 2.75) is 13.0 Å². The minimum atomic E-state index is -0.611. The predicted molar refractivity (Wildman–Crippen MR) is 125 cm³/mol. The summed E-state index contributed by atoms with van der Waals surface area (Å²) in [6.07, 6.45) is 4.87. The first-order valence-corrected chi connectivity index (χ1v) is 11.5. The van der Waals surface area contributed by atoms with Crippen molar-refractivity contribution in [2.75, 3.05) is 19.6 Å². The maximum absolute atomic E-state index is 13.2. The van der Waals surface area contributed by atoms with Gasteiger partial charge < -0.3 is 14.8 Å². The lowest BCUT2D eigenvalue weighted by Crippen LogP contribution is -2.56. The fourth-order valence-corrected chi connectivity index (χ4v) is 4.85. The molecule has 1 aliphatic rings. The fraction of sp³-hybridized carbons (Fsp3) is 0.208. The number of aromatic nitrogens is 3. The van der Waals surface area contributed by atoms with E-state index >= 15 is 0 Å². The number of hydrogen-bond donors (Lipinski definition) is 1. The fourth-order valence-electron chi connectivity index (χ4n) is 4.19. The van der Waals surface area contributed by atoms with E-state index in [-0.39, 0.29) is 17.5 Å². The zero-order chi connectivity index (χ0) is 22.9. The molecule has 0 spiro atoms. The molecule has 0 aliphatic carbocycles. The lowest BCUT2D eigenvalue weighted by molar-refractivity contribution is -0.130. The summed E-state index contributed by atoms with van der Waals surface area (Å²) in [5.74, 6) is -1.27. The highest BCUT2D eigenvalue weighted by atomic mass is 32.1. The first kappa shape index (κ1) is 21.0. The molecule has 9 heteroatoms. The van der Waals surface area contributed by atoms with Gasteiger partial charge in [0.15, 0.2) is 0 Å². The number of H-pyrrole nitrogens is 1. The van der Waals surface area contributed by atoms with Gasteiger partial charge in [0.1, 0.15) is 5.01 Å². The van der Waals surface area contributed by atoms with E-state index < -0.39 is 11.7 Å². The Hall–Kier alpha value is -3.85. The molecule has 0 radical (unpaired) electrons. The van der Waals surface area contributed by atoms with Crippen LogP contribution in [0.4, 0.5) is 0 Å². The highest BCUT2D eigenvalue weighted by molar-refractivity contribution is 7.13. The molecule has 8 nitrogen and oxygen atoms in total. The van der Waals surface area contributed by atoms with Crippen molar-refractivity contribution in [3.05, 3.63) is 71.5 Å². The third kappa shape index (κ3) is 3.80. The number of amides is 2. The quantitative estimate of drug-likeness (QED) is 0.373. The molecule has 1 aromatic carbocycles. The monoisotopic (exact) mass is 459 g/mol. The van der Waals surface area contributed by atoms with Crippen molar-refractivity contribution < 1.29 is 14.4 Å². The number of nitrogens with one attached hydrogen (secondary N) is 1. The van der Waals surface area contributed by atoms with Crippen LogP contribution in [0.1, 0.15) is 27.6 Å². The SMILES string of the molecule is C[C@H]1CN(C(=O)c2ccccc2)CCN1C(=O)C(=O)c1c[nH]c2c(-c3nccs3)ccnc12. The van der Waals surface area contributed by atoms with E-state index in [1.165, 1.54) is 17.5 Å². The van der Waals surface area contributed by atoms with Crippen LogP contribution in [0.3, 0.4) is 0 Å². The molecule has 1 saturated heterocycles. The third-order valence-electron chi connectivity index (χ3n) is 5.86. The van der Waals surface area contributed by atoms with Crippen LogP contribution in [-0.2, 0) is 4.79 Å². The molecule has 1 aliphatic heterocycles. The molecule has 4 aromatic rings. The van der Waals surface area contributed by atoms with Crippen LogP contribution >= 0.6 is 11.3 Å². The molecule has 1 fully saturated rings. The van der Waals surface area contributed by atoms with Gasteiger partial charge in [-0.15, -0.1) is 11.3 Å². The van der Waals surface area contributed by atoms with Gasteiger partial charge in [0.05, 0.1) is 16.6 Å². The average Bonchev–Trinajstić information content (AvgIpc) is 3.53. The Morgan fingerprint density at radius 3 is 2.61 bits per heavy atom. The molecule has 4 heterocycles. The Morgan fingerprint density at radius 2 is 1.88 bits per heavy atom. The van der Waals surface area contributed by atoms with Gasteiger partial charge in [0.25, 0.3) is 17.6 Å². The van der Waals surface area contributed by atoms with Crippen molar-refractivity contribution in [3.8, 4) is 10.6 Å². The molecular weight excluding hydrogens is 438 g/mol. The summed E-state index contributed by atoms with van der Waals surface area (Å²) >= 11 is 1.49. The molecule has 3 aromatic heterocycles. The Bertz CT molecular complexity index is 1330. The van der Waals surface area contributed by atoms with Crippen molar-refractivity contribution in [1.82, 2.24) is 24.8 Å². The van der Waals surface area contributed by atoms with Crippen LogP contribution in [0.2, 0.25) is 0 Å². The Balaban J connectivity index is 1.34. The van der Waals surface area contributed by atoms with Gasteiger partial charge in [0.2, 0.25) is 0 Å². The zero-order valence-electron chi connectivity index (χ0n) is 17.9. The third-order valence-corrected chi connectivity index (χ3v) is 6.67. The summed E-state index contributed by atoms with van der Waals surface area (Å²) in [4.78, 5) is 54.1. The smallest absolute Gasteiger partial charge is 0.295 e. The number of pyridine rings is 1. The Kier molecular flexibility index (Phi) is 5.47. The van der Waals surface area contributed by atoms with E-state index in [0.717, 1.165) is 10.6 Å². The number of benzene rings is 1. The van der Waals surface area contributed by atoms with Gasteiger partial charge in [0, 0.05) is 60.8 Å². The molecule has 1 N–H and O–H groups in total. The lowest BCUT2D eigenvalue weighted by Gasteiger charge is -2.39. The molecule has 166 valence electrons. The summed E-state index contributed by atoms with van der Waals surface area (Å²) in [6, 6.07) is 10.6. The van der Waals surface area contributed by atoms with E-state index in [4.69, 9.17) is 0 Å². The number of piperazine rings is 1. The van der Waals surface area contributed by atoms with Crippen molar-refractivity contribution in [1.29, 1.82) is 0 Å². The second kappa shape index (κ2) is 8.59. The van der Waals surface area contributed by atoms with Crippen molar-refractivity contribution in [3.63, 3.8) is 0 Å². The average molecular weight is 460 g/mol. The van der Waals surface area contributed by atoms with Crippen molar-refractivity contribution in [2.24, 2.45) is 0 Å². The summed E-state index contributed by atoms with van der Waals surface area (Å²) in [6.45, 7) is 2.89. The number of rotatable bonds is 4.